The minimum absolute atomic E-state index is 0.0500. The summed E-state index contributed by atoms with van der Waals surface area (Å²) in [5, 5.41) is 4.92. The maximum absolute atomic E-state index is 14.8. The van der Waals surface area contributed by atoms with E-state index in [-0.39, 0.29) is 23.4 Å². The Morgan fingerprint density at radius 3 is 2.27 bits per heavy atom. The molecule has 0 bridgehead atoms. The quantitative estimate of drug-likeness (QED) is 0.347. The minimum atomic E-state index is -1.11. The van der Waals surface area contributed by atoms with Crippen LogP contribution in [-0.2, 0) is 11.2 Å². The zero-order valence-corrected chi connectivity index (χ0v) is 19.6. The number of carbonyl (C=O) groups is 2. The Bertz CT molecular complexity index is 1500. The zero-order valence-electron chi connectivity index (χ0n) is 19.6. The van der Waals surface area contributed by atoms with Crippen LogP contribution in [0.1, 0.15) is 5.56 Å². The molecule has 0 aliphatic carbocycles. The molecule has 0 fully saturated rings. The van der Waals surface area contributed by atoms with Gasteiger partial charge in [0.05, 0.1) is 26.2 Å². The molecule has 4 rings (SSSR count). The highest BCUT2D eigenvalue weighted by Gasteiger charge is 2.15. The van der Waals surface area contributed by atoms with E-state index in [4.69, 9.17) is 14.2 Å². The molecule has 0 aliphatic rings. The molecule has 0 saturated heterocycles. The van der Waals surface area contributed by atoms with E-state index >= 15 is 0 Å². The van der Waals surface area contributed by atoms with Crippen LogP contribution in [0.4, 0.5) is 23.7 Å². The van der Waals surface area contributed by atoms with Gasteiger partial charge in [-0.3, -0.25) is 15.1 Å². The number of amides is 3. The minimum Gasteiger partial charge on any atom is -0.493 e. The number of rotatable bonds is 7. The second-order valence-electron chi connectivity index (χ2n) is 7.71. The van der Waals surface area contributed by atoms with Gasteiger partial charge in [0.25, 0.3) is 0 Å². The first-order chi connectivity index (χ1) is 17.8. The number of imide groups is 1. The first-order valence-electron chi connectivity index (χ1n) is 10.8. The molecule has 2 N–H and O–H groups in total. The van der Waals surface area contributed by atoms with Crippen LogP contribution in [0, 0.1) is 17.5 Å². The number of nitrogens with one attached hydrogen (secondary N) is 2. The van der Waals surface area contributed by atoms with Gasteiger partial charge in [-0.15, -0.1) is 0 Å². The van der Waals surface area contributed by atoms with Gasteiger partial charge in [-0.05, 0) is 42.0 Å². The Kier molecular flexibility index (Phi) is 7.42. The highest BCUT2D eigenvalue weighted by atomic mass is 19.2. The molecule has 0 atom stereocenters. The number of fused-ring (bicyclic) bond motifs is 1. The van der Waals surface area contributed by atoms with Gasteiger partial charge in [0.2, 0.25) is 5.91 Å². The number of pyridine rings is 1. The molecule has 0 saturated carbocycles. The van der Waals surface area contributed by atoms with E-state index < -0.39 is 29.4 Å². The summed E-state index contributed by atoms with van der Waals surface area (Å²) in [5.74, 6) is -2.59. The normalized spacial score (nSPS) is 10.6. The maximum atomic E-state index is 14.8. The molecule has 37 heavy (non-hydrogen) atoms. The standard InChI is InChI=1S/C26H20F3N3O5/c1-35-23-12-16-20(13-24(23)36-2)30-8-7-21(16)37-22-6-4-15(11-19(22)29)31-26(34)32-25(33)10-14-3-5-17(27)18(28)9-14/h3-9,11-13H,10H2,1-2H3,(H2,31,32,33,34). The van der Waals surface area contributed by atoms with Gasteiger partial charge in [-0.1, -0.05) is 6.07 Å². The molecule has 4 aromatic rings. The van der Waals surface area contributed by atoms with Crippen molar-refractivity contribution in [2.24, 2.45) is 0 Å². The van der Waals surface area contributed by atoms with Crippen LogP contribution in [0.5, 0.6) is 23.0 Å². The molecule has 3 amide bonds. The summed E-state index contributed by atoms with van der Waals surface area (Å²) in [5.41, 5.74) is 0.768. The zero-order chi connectivity index (χ0) is 26.5. The van der Waals surface area contributed by atoms with Crippen LogP contribution in [-0.4, -0.2) is 31.1 Å². The molecule has 190 valence electrons. The van der Waals surface area contributed by atoms with E-state index in [0.717, 1.165) is 18.2 Å². The highest BCUT2D eigenvalue weighted by molar-refractivity contribution is 6.01. The van der Waals surface area contributed by atoms with Crippen molar-refractivity contribution < 1.29 is 37.0 Å². The maximum Gasteiger partial charge on any atom is 0.325 e. The average Bonchev–Trinajstić information content (AvgIpc) is 2.87. The summed E-state index contributed by atoms with van der Waals surface area (Å²) >= 11 is 0. The van der Waals surface area contributed by atoms with Crippen molar-refractivity contribution in [1.29, 1.82) is 0 Å². The lowest BCUT2D eigenvalue weighted by molar-refractivity contribution is -0.119. The number of benzene rings is 3. The van der Waals surface area contributed by atoms with Crippen molar-refractivity contribution in [1.82, 2.24) is 10.3 Å². The summed E-state index contributed by atoms with van der Waals surface area (Å²) in [6, 6.07) is 10.6. The summed E-state index contributed by atoms with van der Waals surface area (Å²) in [6.07, 6.45) is 1.14. The van der Waals surface area contributed by atoms with Crippen LogP contribution in [0.3, 0.4) is 0 Å². The van der Waals surface area contributed by atoms with Gasteiger partial charge in [0, 0.05) is 29.4 Å². The van der Waals surface area contributed by atoms with Crippen molar-refractivity contribution in [3.63, 3.8) is 0 Å². The lowest BCUT2D eigenvalue weighted by atomic mass is 10.1. The molecule has 0 aliphatic heterocycles. The molecule has 0 unspecified atom stereocenters. The number of urea groups is 1. The Balaban J connectivity index is 1.43. The molecular formula is C26H20F3N3O5. The number of anilines is 1. The Hall–Kier alpha value is -4.80. The lowest BCUT2D eigenvalue weighted by Gasteiger charge is -2.13. The van der Waals surface area contributed by atoms with E-state index in [1.54, 1.807) is 18.2 Å². The second-order valence-corrected chi connectivity index (χ2v) is 7.71. The van der Waals surface area contributed by atoms with Gasteiger partial charge < -0.3 is 19.5 Å². The van der Waals surface area contributed by atoms with Gasteiger partial charge in [-0.2, -0.15) is 0 Å². The molecule has 1 aromatic heterocycles. The van der Waals surface area contributed by atoms with E-state index in [2.05, 4.69) is 10.3 Å². The van der Waals surface area contributed by atoms with Crippen LogP contribution in [0.25, 0.3) is 10.9 Å². The Labute approximate surface area is 209 Å². The number of hydrogen-bond acceptors (Lipinski definition) is 6. The third kappa shape index (κ3) is 5.89. The van der Waals surface area contributed by atoms with Crippen LogP contribution in [0.15, 0.2) is 60.8 Å². The van der Waals surface area contributed by atoms with Crippen molar-refractivity contribution in [3.8, 4) is 23.0 Å². The molecule has 0 radical (unpaired) electrons. The van der Waals surface area contributed by atoms with Crippen molar-refractivity contribution in [2.75, 3.05) is 19.5 Å². The summed E-state index contributed by atoms with van der Waals surface area (Å²) in [7, 11) is 2.98. The smallest absolute Gasteiger partial charge is 0.325 e. The lowest BCUT2D eigenvalue weighted by Crippen LogP contribution is -2.35. The number of carbonyl (C=O) groups excluding carboxylic acids is 2. The van der Waals surface area contributed by atoms with Gasteiger partial charge in [-0.25, -0.2) is 18.0 Å². The molecular weight excluding hydrogens is 491 g/mol. The third-order valence-electron chi connectivity index (χ3n) is 5.22. The van der Waals surface area contributed by atoms with Crippen LogP contribution in [0.2, 0.25) is 0 Å². The van der Waals surface area contributed by atoms with Crippen molar-refractivity contribution in [2.45, 2.75) is 6.42 Å². The largest absolute Gasteiger partial charge is 0.493 e. The average molecular weight is 511 g/mol. The molecule has 3 aromatic carbocycles. The van der Waals surface area contributed by atoms with E-state index in [0.29, 0.717) is 28.2 Å². The summed E-state index contributed by atoms with van der Waals surface area (Å²) in [6.45, 7) is 0. The Morgan fingerprint density at radius 2 is 1.57 bits per heavy atom. The number of halogens is 3. The number of ether oxygens (including phenoxy) is 3. The molecule has 0 spiro atoms. The first kappa shape index (κ1) is 25.3. The summed E-state index contributed by atoms with van der Waals surface area (Å²) in [4.78, 5) is 28.4. The van der Waals surface area contributed by atoms with Crippen LogP contribution < -0.4 is 24.8 Å². The Morgan fingerprint density at radius 1 is 0.811 bits per heavy atom. The summed E-state index contributed by atoms with van der Waals surface area (Å²) < 4.78 is 57.4. The first-order valence-corrected chi connectivity index (χ1v) is 10.8. The predicted molar refractivity (Wildman–Crippen MR) is 129 cm³/mol. The van der Waals surface area contributed by atoms with Crippen molar-refractivity contribution in [3.05, 3.63) is 83.8 Å². The monoisotopic (exact) mass is 511 g/mol. The third-order valence-corrected chi connectivity index (χ3v) is 5.22. The van der Waals surface area contributed by atoms with Gasteiger partial charge in [0.15, 0.2) is 34.7 Å². The highest BCUT2D eigenvalue weighted by Crippen LogP contribution is 2.37. The fourth-order valence-electron chi connectivity index (χ4n) is 3.48. The SMILES string of the molecule is COc1cc2nccc(Oc3ccc(NC(=O)NC(=O)Cc4ccc(F)c(F)c4)cc3F)c2cc1OC. The molecule has 1 heterocycles. The van der Waals surface area contributed by atoms with Crippen LogP contribution >= 0.6 is 0 Å². The topological polar surface area (TPSA) is 98.8 Å². The fourth-order valence-corrected chi connectivity index (χ4v) is 3.48. The van der Waals surface area contributed by atoms with E-state index in [1.807, 2.05) is 5.32 Å². The van der Waals surface area contributed by atoms with E-state index in [9.17, 15) is 22.8 Å². The number of hydrogen-bond donors (Lipinski definition) is 2. The number of aromatic nitrogens is 1. The fraction of sp³-hybridized carbons (Fsp3) is 0.115. The van der Waals surface area contributed by atoms with Gasteiger partial charge in [0.1, 0.15) is 5.75 Å². The predicted octanol–water partition coefficient (Wildman–Crippen LogP) is 5.35. The van der Waals surface area contributed by atoms with Crippen molar-refractivity contribution >= 4 is 28.5 Å². The number of nitrogens with zero attached hydrogens (tertiary/aromatic N) is 1. The molecule has 8 nitrogen and oxygen atoms in total. The van der Waals surface area contributed by atoms with Gasteiger partial charge >= 0.3 is 6.03 Å². The van der Waals surface area contributed by atoms with E-state index in [1.165, 1.54) is 38.6 Å². The molecule has 11 heteroatoms. The number of methoxy groups -OCH3 is 2. The second kappa shape index (κ2) is 10.9.